The monoisotopic (exact) mass is 922 g/mol. The molecule has 0 spiro atoms. The summed E-state index contributed by atoms with van der Waals surface area (Å²) in [5, 5.41) is 10.7. The summed E-state index contributed by atoms with van der Waals surface area (Å²) in [4.78, 5) is 78.2. The lowest BCUT2D eigenvalue weighted by Gasteiger charge is -2.30. The van der Waals surface area contributed by atoms with Crippen LogP contribution in [0.15, 0.2) is 66.7 Å². The second kappa shape index (κ2) is 18.7. The van der Waals surface area contributed by atoms with Crippen LogP contribution in [0.2, 0.25) is 0 Å². The number of amides is 5. The van der Waals surface area contributed by atoms with Crippen LogP contribution in [0.5, 0.6) is 5.88 Å². The van der Waals surface area contributed by atoms with E-state index in [1.807, 2.05) is 62.4 Å². The number of nitrogens with one attached hydrogen (secondary N) is 3. The van der Waals surface area contributed by atoms with E-state index in [1.54, 1.807) is 27.6 Å². The number of fused-ring (bicyclic) bond motifs is 5. The molecule has 0 radical (unpaired) electrons. The molecule has 4 fully saturated rings. The van der Waals surface area contributed by atoms with Crippen molar-refractivity contribution in [3.05, 3.63) is 72.3 Å². The fraction of sp³-hybridized carbons (Fsp3) is 0.521. The van der Waals surface area contributed by atoms with Gasteiger partial charge >= 0.3 is 6.09 Å². The van der Waals surface area contributed by atoms with E-state index in [1.165, 1.54) is 4.90 Å². The first-order valence-electron chi connectivity index (χ1n) is 23.5. The first-order chi connectivity index (χ1) is 31.9. The lowest BCUT2D eigenvalue weighted by Crippen LogP contribution is -2.58. The lowest BCUT2D eigenvalue weighted by molar-refractivity contribution is -0.141. The van der Waals surface area contributed by atoms with Gasteiger partial charge in [-0.2, -0.15) is 9.61 Å². The molecule has 3 N–H and O–H groups in total. The Morgan fingerprint density at radius 2 is 1.67 bits per heavy atom. The summed E-state index contributed by atoms with van der Waals surface area (Å²) in [6, 6.07) is 14.3. The molecule has 4 aromatic rings. The number of carbonyl (C=O) groups is 5. The van der Waals surface area contributed by atoms with Crippen molar-refractivity contribution in [3.8, 4) is 17.1 Å². The zero-order valence-corrected chi connectivity index (χ0v) is 38.3. The van der Waals surface area contributed by atoms with Crippen LogP contribution in [0.3, 0.4) is 0 Å². The van der Waals surface area contributed by atoms with Gasteiger partial charge in [-0.05, 0) is 102 Å². The highest BCUT2D eigenvalue weighted by atomic mass is 32.2. The molecule has 5 aliphatic rings. The second-order valence-electron chi connectivity index (χ2n) is 18.3. The fourth-order valence-corrected chi connectivity index (χ4v) is 11.0. The number of aromatic nitrogens is 3. The summed E-state index contributed by atoms with van der Waals surface area (Å²) < 4.78 is 42.4. The highest BCUT2D eigenvalue weighted by molar-refractivity contribution is 7.91. The molecule has 17 nitrogen and oxygen atoms in total. The van der Waals surface area contributed by atoms with E-state index in [-0.39, 0.29) is 31.4 Å². The molecule has 0 unspecified atom stereocenters. The predicted octanol–water partition coefficient (Wildman–Crippen LogP) is 5.42. The van der Waals surface area contributed by atoms with Gasteiger partial charge < -0.3 is 29.9 Å². The van der Waals surface area contributed by atoms with Gasteiger partial charge in [0, 0.05) is 48.0 Å². The van der Waals surface area contributed by atoms with Crippen LogP contribution in [0.25, 0.3) is 27.8 Å². The van der Waals surface area contributed by atoms with Crippen LogP contribution in [0, 0.1) is 5.92 Å². The molecule has 350 valence electrons. The normalized spacial score (nSPS) is 25.0. The number of nitrogens with zero attached hydrogens (tertiary/aromatic N) is 5. The zero-order valence-electron chi connectivity index (χ0n) is 37.4. The summed E-state index contributed by atoms with van der Waals surface area (Å²) in [7, 11) is -3.93. The second-order valence-corrected chi connectivity index (χ2v) is 20.3. The lowest BCUT2D eigenvalue weighted by atomic mass is 10.0. The summed E-state index contributed by atoms with van der Waals surface area (Å²) in [6.45, 7) is 4.98. The van der Waals surface area contributed by atoms with Gasteiger partial charge in [-0.25, -0.2) is 18.2 Å². The SMILES string of the molecule is CCN(CC)C(=O)c1ccc(-c2cc(O[C@@H]3C[C@H]4C(=O)N[C@]5(C(=O)NS(=O)(=O)C6CC6)C[C@H]5C=CCCCCC[C@H](NC(=O)OC5CCCC5)C(=O)N4C3)n3nc4ccccc4c3n2)cc1. The first kappa shape index (κ1) is 45.1. The van der Waals surface area contributed by atoms with E-state index in [0.29, 0.717) is 73.5 Å². The fourth-order valence-electron chi connectivity index (χ4n) is 9.67. The molecule has 4 heterocycles. The maximum atomic E-state index is 14.9. The number of sulfonamides is 1. The molecular formula is C48H58N8O9S. The smallest absolute Gasteiger partial charge is 0.408 e. The number of ether oxygens (including phenoxy) is 2. The van der Waals surface area contributed by atoms with Crippen LogP contribution in [-0.2, 0) is 29.1 Å². The molecule has 66 heavy (non-hydrogen) atoms. The minimum atomic E-state index is -3.93. The number of hydrogen-bond donors (Lipinski definition) is 3. The van der Waals surface area contributed by atoms with Crippen LogP contribution in [-0.4, -0.2) is 117 Å². The number of carbonyl (C=O) groups excluding carboxylic acids is 5. The summed E-state index contributed by atoms with van der Waals surface area (Å²) in [5.74, 6) is -2.18. The molecular weight excluding hydrogens is 865 g/mol. The number of alkyl carbamates (subject to hydrolysis) is 1. The van der Waals surface area contributed by atoms with E-state index in [9.17, 15) is 32.4 Å². The molecule has 0 bridgehead atoms. The molecule has 2 aromatic carbocycles. The van der Waals surface area contributed by atoms with Gasteiger partial charge in [0.15, 0.2) is 5.65 Å². The molecule has 18 heteroatoms. The third kappa shape index (κ3) is 9.33. The molecule has 5 atom stereocenters. The van der Waals surface area contributed by atoms with Crippen molar-refractivity contribution < 1.29 is 41.9 Å². The van der Waals surface area contributed by atoms with Crippen molar-refractivity contribution in [2.75, 3.05) is 19.6 Å². The third-order valence-corrected chi connectivity index (χ3v) is 15.5. The molecule has 5 amide bonds. The highest BCUT2D eigenvalue weighted by Gasteiger charge is 2.62. The molecule has 9 rings (SSSR count). The van der Waals surface area contributed by atoms with E-state index in [0.717, 1.165) is 49.5 Å². The molecule has 2 aliphatic heterocycles. The Kier molecular flexibility index (Phi) is 12.8. The molecule has 2 aromatic heterocycles. The van der Waals surface area contributed by atoms with Crippen molar-refractivity contribution in [1.82, 2.24) is 39.8 Å². The number of benzene rings is 2. The van der Waals surface area contributed by atoms with Crippen LogP contribution >= 0.6 is 0 Å². The van der Waals surface area contributed by atoms with Gasteiger partial charge in [0.05, 0.1) is 23.0 Å². The summed E-state index contributed by atoms with van der Waals surface area (Å²) in [6.07, 6.45) is 9.77. The largest absolute Gasteiger partial charge is 0.472 e. The predicted molar refractivity (Wildman–Crippen MR) is 245 cm³/mol. The summed E-state index contributed by atoms with van der Waals surface area (Å²) in [5.41, 5.74) is 1.44. The number of hydrogen-bond acceptors (Lipinski definition) is 11. The average molecular weight is 923 g/mol. The van der Waals surface area contributed by atoms with Crippen molar-refractivity contribution in [1.29, 1.82) is 0 Å². The van der Waals surface area contributed by atoms with Crippen molar-refractivity contribution >= 4 is 56.3 Å². The molecule has 3 aliphatic carbocycles. The topological polar surface area (TPSA) is 211 Å². The minimum absolute atomic E-state index is 0.00248. The Balaban J connectivity index is 1.05. The quantitative estimate of drug-likeness (QED) is 0.162. The Morgan fingerprint density at radius 1 is 0.924 bits per heavy atom. The Hall–Kier alpha value is -6.04. The maximum Gasteiger partial charge on any atom is 0.408 e. The summed E-state index contributed by atoms with van der Waals surface area (Å²) >= 11 is 0. The Morgan fingerprint density at radius 3 is 2.41 bits per heavy atom. The van der Waals surface area contributed by atoms with Gasteiger partial charge in [-0.15, -0.1) is 0 Å². The van der Waals surface area contributed by atoms with E-state index >= 15 is 0 Å². The average Bonchev–Trinajstić information content (AvgIpc) is 4.12. The molecule has 1 saturated heterocycles. The standard InChI is InChI=1S/C48H58N8O9S/c1-3-54(4-2)44(58)31-22-20-30(21-23-31)39-27-41(56-42(49-39)36-17-12-13-18-37(36)52-56)64-34-26-40-43(57)51-48(46(60)53-66(62,63)35-24-25-35)28-32(48)14-8-6-5-7-9-19-38(45(59)55(40)29-34)50-47(61)65-33-15-10-11-16-33/h8,12-14,17-18,20-23,27,32-35,38,40H,3-7,9-11,15-16,19,24-26,28-29H2,1-2H3,(H,50,61)(H,51,57)(H,53,60)/t32-,34-,38+,40+,48-/m1/s1. The maximum absolute atomic E-state index is 14.9. The number of allylic oxidation sites excluding steroid dienone is 1. The van der Waals surface area contributed by atoms with Gasteiger partial charge in [-0.3, -0.25) is 23.9 Å². The van der Waals surface area contributed by atoms with Gasteiger partial charge in [0.25, 0.3) is 11.8 Å². The van der Waals surface area contributed by atoms with E-state index in [4.69, 9.17) is 19.6 Å². The minimum Gasteiger partial charge on any atom is -0.472 e. The van der Waals surface area contributed by atoms with Crippen LogP contribution in [0.1, 0.15) is 108 Å². The Labute approximate surface area is 384 Å². The van der Waals surface area contributed by atoms with Gasteiger partial charge in [-0.1, -0.05) is 49.3 Å². The van der Waals surface area contributed by atoms with Crippen molar-refractivity contribution in [2.24, 2.45) is 5.92 Å². The van der Waals surface area contributed by atoms with Crippen molar-refractivity contribution in [3.63, 3.8) is 0 Å². The highest BCUT2D eigenvalue weighted by Crippen LogP contribution is 2.46. The zero-order chi connectivity index (χ0) is 46.2. The van der Waals surface area contributed by atoms with E-state index in [2.05, 4.69) is 15.4 Å². The number of rotatable bonds is 11. The van der Waals surface area contributed by atoms with Crippen LogP contribution < -0.4 is 20.1 Å². The van der Waals surface area contributed by atoms with Gasteiger partial charge in [0.1, 0.15) is 29.8 Å². The van der Waals surface area contributed by atoms with E-state index < -0.39 is 68.7 Å². The Bertz CT molecular complexity index is 2660. The third-order valence-electron chi connectivity index (χ3n) is 13.7. The first-order valence-corrected chi connectivity index (χ1v) is 25.1. The van der Waals surface area contributed by atoms with Crippen LogP contribution in [0.4, 0.5) is 4.79 Å². The van der Waals surface area contributed by atoms with Gasteiger partial charge in [0.2, 0.25) is 27.7 Å². The van der Waals surface area contributed by atoms with Crippen molar-refractivity contribution in [2.45, 2.75) is 132 Å². The molecule has 3 saturated carbocycles.